The zero-order valence-electron chi connectivity index (χ0n) is 21.0. The maximum absolute atomic E-state index is 12.8. The smallest absolute Gasteiger partial charge is 0.287 e. The molecule has 0 radical (unpaired) electrons. The molecule has 0 aliphatic carbocycles. The van der Waals surface area contributed by atoms with Crippen LogP contribution in [0.15, 0.2) is 101 Å². The second kappa shape index (κ2) is 12.8. The number of nitrogens with one attached hydrogen (secondary N) is 1. The lowest BCUT2D eigenvalue weighted by Gasteiger charge is -2.22. The van der Waals surface area contributed by atoms with Crippen LogP contribution in [0.5, 0.6) is 5.75 Å². The predicted octanol–water partition coefficient (Wildman–Crippen LogP) is 6.24. The van der Waals surface area contributed by atoms with Gasteiger partial charge < -0.3 is 14.5 Å². The summed E-state index contributed by atoms with van der Waals surface area (Å²) in [6, 6.07) is 32.5. The van der Waals surface area contributed by atoms with Crippen LogP contribution in [0.3, 0.4) is 0 Å². The zero-order chi connectivity index (χ0) is 25.2. The molecule has 1 heterocycles. The molecule has 5 heteroatoms. The molecule has 0 saturated carbocycles. The summed E-state index contributed by atoms with van der Waals surface area (Å²) in [4.78, 5) is 15.1. The third kappa shape index (κ3) is 7.59. The summed E-state index contributed by atoms with van der Waals surface area (Å²) >= 11 is 0. The van der Waals surface area contributed by atoms with Gasteiger partial charge in [-0.05, 0) is 60.7 Å². The molecule has 4 rings (SSSR count). The number of nitrogens with zero attached hydrogens (tertiary/aromatic N) is 1. The van der Waals surface area contributed by atoms with Gasteiger partial charge in [0.15, 0.2) is 5.76 Å². The van der Waals surface area contributed by atoms with Gasteiger partial charge in [0, 0.05) is 19.1 Å². The Morgan fingerprint density at radius 3 is 2.06 bits per heavy atom. The SMILES string of the molecule is COc1ccc(CN(Cc2ccccc2)Cc2ccc(C(=O)NC(C)CCc3ccccc3)o2)cc1. The van der Waals surface area contributed by atoms with E-state index in [9.17, 15) is 4.79 Å². The van der Waals surface area contributed by atoms with Crippen LogP contribution < -0.4 is 10.1 Å². The first-order chi connectivity index (χ1) is 17.6. The molecule has 1 unspecified atom stereocenters. The molecular weight excluding hydrogens is 448 g/mol. The van der Waals surface area contributed by atoms with Gasteiger partial charge in [-0.15, -0.1) is 0 Å². The van der Waals surface area contributed by atoms with E-state index in [-0.39, 0.29) is 11.9 Å². The summed E-state index contributed by atoms with van der Waals surface area (Å²) < 4.78 is 11.3. The third-order valence-corrected chi connectivity index (χ3v) is 6.17. The van der Waals surface area contributed by atoms with E-state index in [2.05, 4.69) is 58.7 Å². The van der Waals surface area contributed by atoms with E-state index in [1.165, 1.54) is 16.7 Å². The quantitative estimate of drug-likeness (QED) is 0.260. The molecule has 186 valence electrons. The Balaban J connectivity index is 1.37. The number of hydrogen-bond donors (Lipinski definition) is 1. The van der Waals surface area contributed by atoms with Crippen LogP contribution in [-0.2, 0) is 26.1 Å². The topological polar surface area (TPSA) is 54.7 Å². The molecule has 5 nitrogen and oxygen atoms in total. The number of methoxy groups -OCH3 is 1. The minimum absolute atomic E-state index is 0.0518. The van der Waals surface area contributed by atoms with Crippen molar-refractivity contribution in [2.75, 3.05) is 7.11 Å². The summed E-state index contributed by atoms with van der Waals surface area (Å²) in [6.45, 7) is 4.14. The monoisotopic (exact) mass is 482 g/mol. The molecule has 1 atom stereocenters. The lowest BCUT2D eigenvalue weighted by atomic mass is 10.1. The summed E-state index contributed by atoms with van der Waals surface area (Å²) in [5, 5.41) is 3.07. The maximum Gasteiger partial charge on any atom is 0.287 e. The Morgan fingerprint density at radius 1 is 0.806 bits per heavy atom. The van der Waals surface area contributed by atoms with Gasteiger partial charge in [-0.25, -0.2) is 0 Å². The molecule has 1 amide bonds. The van der Waals surface area contributed by atoms with Crippen LogP contribution in [0.2, 0.25) is 0 Å². The molecule has 36 heavy (non-hydrogen) atoms. The molecule has 0 aliphatic heterocycles. The van der Waals surface area contributed by atoms with Crippen molar-refractivity contribution in [2.45, 2.75) is 45.4 Å². The average molecular weight is 483 g/mol. The number of furan rings is 1. The molecule has 1 N–H and O–H groups in total. The minimum atomic E-state index is -0.174. The second-order valence-electron chi connectivity index (χ2n) is 9.14. The number of carbonyl (C=O) groups is 1. The minimum Gasteiger partial charge on any atom is -0.497 e. The molecule has 0 saturated heterocycles. The van der Waals surface area contributed by atoms with Crippen molar-refractivity contribution < 1.29 is 13.9 Å². The first-order valence-electron chi connectivity index (χ1n) is 12.4. The van der Waals surface area contributed by atoms with Crippen LogP contribution in [0.25, 0.3) is 0 Å². The Kier molecular flexibility index (Phi) is 8.95. The lowest BCUT2D eigenvalue weighted by molar-refractivity contribution is 0.0906. The van der Waals surface area contributed by atoms with E-state index in [1.807, 2.05) is 49.4 Å². The van der Waals surface area contributed by atoms with Gasteiger partial charge in [0.1, 0.15) is 11.5 Å². The largest absolute Gasteiger partial charge is 0.497 e. The van der Waals surface area contributed by atoms with E-state index in [1.54, 1.807) is 13.2 Å². The van der Waals surface area contributed by atoms with Crippen molar-refractivity contribution in [2.24, 2.45) is 0 Å². The highest BCUT2D eigenvalue weighted by molar-refractivity contribution is 5.91. The highest BCUT2D eigenvalue weighted by Crippen LogP contribution is 2.18. The van der Waals surface area contributed by atoms with Crippen molar-refractivity contribution in [3.05, 3.63) is 125 Å². The molecular formula is C31H34N2O3. The van der Waals surface area contributed by atoms with Crippen LogP contribution in [0.1, 0.15) is 46.3 Å². The van der Waals surface area contributed by atoms with E-state index in [0.29, 0.717) is 12.3 Å². The molecule has 3 aromatic carbocycles. The van der Waals surface area contributed by atoms with Gasteiger partial charge in [0.2, 0.25) is 0 Å². The third-order valence-electron chi connectivity index (χ3n) is 6.17. The van der Waals surface area contributed by atoms with Crippen molar-refractivity contribution in [3.63, 3.8) is 0 Å². The fourth-order valence-electron chi connectivity index (χ4n) is 4.20. The number of amides is 1. The van der Waals surface area contributed by atoms with E-state index in [0.717, 1.165) is 37.4 Å². The number of benzene rings is 3. The maximum atomic E-state index is 12.8. The first-order valence-corrected chi connectivity index (χ1v) is 12.4. The molecule has 4 aromatic rings. The molecule has 1 aromatic heterocycles. The Bertz CT molecular complexity index is 1200. The van der Waals surface area contributed by atoms with Crippen LogP contribution in [0.4, 0.5) is 0 Å². The first kappa shape index (κ1) is 25.3. The zero-order valence-corrected chi connectivity index (χ0v) is 21.0. The van der Waals surface area contributed by atoms with Crippen molar-refractivity contribution in [3.8, 4) is 5.75 Å². The van der Waals surface area contributed by atoms with Crippen molar-refractivity contribution in [1.82, 2.24) is 10.2 Å². The van der Waals surface area contributed by atoms with Crippen molar-refractivity contribution in [1.29, 1.82) is 0 Å². The summed E-state index contributed by atoms with van der Waals surface area (Å²) in [5.41, 5.74) is 3.68. The molecule has 0 aliphatic rings. The summed E-state index contributed by atoms with van der Waals surface area (Å²) in [6.07, 6.45) is 1.79. The molecule has 0 bridgehead atoms. The van der Waals surface area contributed by atoms with Gasteiger partial charge in [0.25, 0.3) is 5.91 Å². The van der Waals surface area contributed by atoms with Gasteiger partial charge in [-0.3, -0.25) is 9.69 Å². The molecule has 0 spiro atoms. The van der Waals surface area contributed by atoms with Gasteiger partial charge in [0.05, 0.1) is 13.7 Å². The summed E-state index contributed by atoms with van der Waals surface area (Å²) in [7, 11) is 1.67. The fourth-order valence-corrected chi connectivity index (χ4v) is 4.20. The van der Waals surface area contributed by atoms with Gasteiger partial charge >= 0.3 is 0 Å². The number of ether oxygens (including phenoxy) is 1. The normalized spacial score (nSPS) is 11.9. The lowest BCUT2D eigenvalue weighted by Crippen LogP contribution is -2.32. The number of hydrogen-bond acceptors (Lipinski definition) is 4. The summed E-state index contributed by atoms with van der Waals surface area (Å²) in [5.74, 6) is 1.78. The van der Waals surface area contributed by atoms with E-state index in [4.69, 9.17) is 9.15 Å². The Labute approximate surface area is 213 Å². The Hall–Kier alpha value is -3.83. The van der Waals surface area contributed by atoms with Crippen LogP contribution >= 0.6 is 0 Å². The fraction of sp³-hybridized carbons (Fsp3) is 0.258. The number of carbonyl (C=O) groups excluding carboxylic acids is 1. The number of aryl methyl sites for hydroxylation is 1. The van der Waals surface area contributed by atoms with Crippen LogP contribution in [0, 0.1) is 0 Å². The van der Waals surface area contributed by atoms with Gasteiger partial charge in [-0.1, -0.05) is 72.8 Å². The predicted molar refractivity (Wildman–Crippen MR) is 143 cm³/mol. The number of rotatable bonds is 12. The average Bonchev–Trinajstić information content (AvgIpc) is 3.38. The standard InChI is InChI=1S/C31H34N2O3/c1-24(13-14-25-9-5-3-6-10-25)32-31(34)30-20-19-29(36-30)23-33(21-26-11-7-4-8-12-26)22-27-15-17-28(35-2)18-16-27/h3-12,15-20,24H,13-14,21-23H2,1-2H3,(H,32,34). The van der Waals surface area contributed by atoms with Crippen molar-refractivity contribution >= 4 is 5.91 Å². The van der Waals surface area contributed by atoms with Gasteiger partial charge in [-0.2, -0.15) is 0 Å². The second-order valence-corrected chi connectivity index (χ2v) is 9.14. The van der Waals surface area contributed by atoms with Crippen LogP contribution in [-0.4, -0.2) is 24.0 Å². The molecule has 0 fully saturated rings. The van der Waals surface area contributed by atoms with E-state index < -0.39 is 0 Å². The highest BCUT2D eigenvalue weighted by Gasteiger charge is 2.16. The van der Waals surface area contributed by atoms with E-state index >= 15 is 0 Å². The Morgan fingerprint density at radius 2 is 1.42 bits per heavy atom. The highest BCUT2D eigenvalue weighted by atomic mass is 16.5.